The molecular formula is C41H85N2O7P. The summed E-state index contributed by atoms with van der Waals surface area (Å²) in [6.07, 6.45) is 35.7. The standard InChI is InChI=1S/C41H85N2O7P/c1-3-5-7-9-11-13-15-17-19-20-22-24-26-28-30-32-38(44)36-41(46)43-39(37-50-51(47,48)49-35-34-42)40(45)33-31-29-27-25-23-21-18-16-14-12-10-8-6-4-2/h38-40,44-45H,3-37,42H2,1-2H3,(H,43,46)(H,47,48). The topological polar surface area (TPSA) is 151 Å². The number of aliphatic hydroxyl groups excluding tert-OH is 2. The monoisotopic (exact) mass is 749 g/mol. The summed E-state index contributed by atoms with van der Waals surface area (Å²) >= 11 is 0. The molecule has 6 N–H and O–H groups in total. The molecule has 9 nitrogen and oxygen atoms in total. The van der Waals surface area contributed by atoms with E-state index in [-0.39, 0.29) is 26.2 Å². The molecule has 0 saturated heterocycles. The molecule has 4 unspecified atom stereocenters. The third-order valence-corrected chi connectivity index (χ3v) is 11.0. The van der Waals surface area contributed by atoms with E-state index in [9.17, 15) is 24.5 Å². The van der Waals surface area contributed by atoms with Gasteiger partial charge in [0.2, 0.25) is 5.91 Å². The fraction of sp³-hybridized carbons (Fsp3) is 0.976. The van der Waals surface area contributed by atoms with E-state index in [0.717, 1.165) is 38.5 Å². The number of hydrogen-bond acceptors (Lipinski definition) is 7. The van der Waals surface area contributed by atoms with Crippen molar-refractivity contribution in [3.05, 3.63) is 0 Å². The van der Waals surface area contributed by atoms with Crippen LogP contribution < -0.4 is 11.1 Å². The van der Waals surface area contributed by atoms with Crippen LogP contribution in [0.15, 0.2) is 0 Å². The zero-order chi connectivity index (χ0) is 37.7. The van der Waals surface area contributed by atoms with Crippen LogP contribution in [0.1, 0.15) is 219 Å². The molecule has 0 aliphatic rings. The number of rotatable bonds is 41. The van der Waals surface area contributed by atoms with Crippen molar-refractivity contribution < 1.29 is 33.5 Å². The van der Waals surface area contributed by atoms with E-state index >= 15 is 0 Å². The van der Waals surface area contributed by atoms with Crippen molar-refractivity contribution in [2.45, 2.75) is 238 Å². The number of carbonyl (C=O) groups excluding carboxylic acids is 1. The van der Waals surface area contributed by atoms with E-state index in [2.05, 4.69) is 19.2 Å². The Bertz CT molecular complexity index is 791. The number of nitrogens with two attached hydrogens (primary N) is 1. The molecular weight excluding hydrogens is 663 g/mol. The SMILES string of the molecule is CCCCCCCCCCCCCCCCCC(O)CC(=O)NC(COP(=O)(O)OCCN)C(O)CCCCCCCCCCCCCCCC. The second-order valence-corrected chi connectivity index (χ2v) is 16.6. The Morgan fingerprint density at radius 2 is 0.941 bits per heavy atom. The van der Waals surface area contributed by atoms with Gasteiger partial charge in [0.05, 0.1) is 37.9 Å². The number of aliphatic hydroxyl groups is 2. The van der Waals surface area contributed by atoms with Crippen LogP contribution in [0.25, 0.3) is 0 Å². The Labute approximate surface area is 315 Å². The molecule has 4 atom stereocenters. The fourth-order valence-electron chi connectivity index (χ4n) is 6.71. The van der Waals surface area contributed by atoms with Crippen molar-refractivity contribution in [3.8, 4) is 0 Å². The van der Waals surface area contributed by atoms with Gasteiger partial charge in [-0.15, -0.1) is 0 Å². The van der Waals surface area contributed by atoms with Gasteiger partial charge < -0.3 is 26.2 Å². The fourth-order valence-corrected chi connectivity index (χ4v) is 7.47. The summed E-state index contributed by atoms with van der Waals surface area (Å²) in [5, 5.41) is 24.2. The van der Waals surface area contributed by atoms with Crippen molar-refractivity contribution in [2.24, 2.45) is 5.73 Å². The molecule has 0 aromatic heterocycles. The maximum Gasteiger partial charge on any atom is 0.472 e. The molecule has 306 valence electrons. The zero-order valence-corrected chi connectivity index (χ0v) is 34.4. The molecule has 0 bridgehead atoms. The molecule has 0 aromatic carbocycles. The summed E-state index contributed by atoms with van der Waals surface area (Å²) in [4.78, 5) is 22.8. The van der Waals surface area contributed by atoms with E-state index in [4.69, 9.17) is 14.8 Å². The van der Waals surface area contributed by atoms with Crippen molar-refractivity contribution in [1.29, 1.82) is 0 Å². The minimum Gasteiger partial charge on any atom is -0.393 e. The second kappa shape index (κ2) is 37.8. The first-order chi connectivity index (χ1) is 24.8. The van der Waals surface area contributed by atoms with Gasteiger partial charge in [-0.1, -0.05) is 200 Å². The van der Waals surface area contributed by atoms with E-state index in [1.165, 1.54) is 148 Å². The van der Waals surface area contributed by atoms with E-state index in [0.29, 0.717) is 12.8 Å². The summed E-state index contributed by atoms with van der Waals surface area (Å²) in [7, 11) is -4.37. The number of nitrogens with one attached hydrogen (secondary N) is 1. The lowest BCUT2D eigenvalue weighted by atomic mass is 10.0. The van der Waals surface area contributed by atoms with Gasteiger partial charge in [-0.2, -0.15) is 0 Å². The molecule has 0 saturated carbocycles. The molecule has 51 heavy (non-hydrogen) atoms. The number of amides is 1. The highest BCUT2D eigenvalue weighted by atomic mass is 31.2. The van der Waals surface area contributed by atoms with Crippen LogP contribution >= 0.6 is 7.82 Å². The van der Waals surface area contributed by atoms with Crippen molar-refractivity contribution in [3.63, 3.8) is 0 Å². The van der Waals surface area contributed by atoms with Gasteiger partial charge in [-0.25, -0.2) is 4.57 Å². The van der Waals surface area contributed by atoms with Gasteiger partial charge in [-0.3, -0.25) is 13.8 Å². The van der Waals surface area contributed by atoms with E-state index < -0.39 is 32.0 Å². The van der Waals surface area contributed by atoms with E-state index in [1.807, 2.05) is 0 Å². The van der Waals surface area contributed by atoms with Gasteiger partial charge in [0, 0.05) is 6.54 Å². The van der Waals surface area contributed by atoms with Crippen LogP contribution in [0.4, 0.5) is 0 Å². The van der Waals surface area contributed by atoms with Crippen LogP contribution in [-0.4, -0.2) is 59.0 Å². The van der Waals surface area contributed by atoms with Gasteiger partial charge in [-0.05, 0) is 12.8 Å². The quantitative estimate of drug-likeness (QED) is 0.0306. The number of carbonyl (C=O) groups is 1. The molecule has 0 radical (unpaired) electrons. The van der Waals surface area contributed by atoms with E-state index in [1.54, 1.807) is 0 Å². The predicted molar refractivity (Wildman–Crippen MR) is 214 cm³/mol. The number of phosphoric acid groups is 1. The number of unbranched alkanes of at least 4 members (excludes halogenated alkanes) is 27. The molecule has 1 amide bonds. The zero-order valence-electron chi connectivity index (χ0n) is 33.5. The minimum absolute atomic E-state index is 0.0626. The molecule has 0 aliphatic heterocycles. The summed E-state index contributed by atoms with van der Waals surface area (Å²) < 4.78 is 22.1. The summed E-state index contributed by atoms with van der Waals surface area (Å²) in [6.45, 7) is 4.06. The Kier molecular flexibility index (Phi) is 37.4. The smallest absolute Gasteiger partial charge is 0.393 e. The van der Waals surface area contributed by atoms with Crippen LogP contribution in [0.3, 0.4) is 0 Å². The minimum atomic E-state index is -4.37. The average molecular weight is 749 g/mol. The van der Waals surface area contributed by atoms with Gasteiger partial charge >= 0.3 is 7.82 Å². The van der Waals surface area contributed by atoms with Crippen molar-refractivity contribution in [1.82, 2.24) is 5.32 Å². The van der Waals surface area contributed by atoms with Crippen molar-refractivity contribution in [2.75, 3.05) is 19.8 Å². The third-order valence-electron chi connectivity index (χ3n) is 10.0. The van der Waals surface area contributed by atoms with Crippen LogP contribution in [-0.2, 0) is 18.4 Å². The van der Waals surface area contributed by atoms with Gasteiger partial charge in [0.1, 0.15) is 0 Å². The lowest BCUT2D eigenvalue weighted by molar-refractivity contribution is -0.125. The lowest BCUT2D eigenvalue weighted by Gasteiger charge is -2.25. The molecule has 0 rings (SSSR count). The number of hydrogen-bond donors (Lipinski definition) is 5. The Balaban J connectivity index is 4.24. The van der Waals surface area contributed by atoms with Crippen LogP contribution in [0.2, 0.25) is 0 Å². The molecule has 0 heterocycles. The first kappa shape index (κ1) is 50.5. The average Bonchev–Trinajstić information content (AvgIpc) is 3.10. The summed E-state index contributed by atoms with van der Waals surface area (Å²) in [6, 6.07) is -0.889. The Morgan fingerprint density at radius 3 is 1.31 bits per heavy atom. The van der Waals surface area contributed by atoms with Gasteiger partial charge in [0.15, 0.2) is 0 Å². The largest absolute Gasteiger partial charge is 0.472 e. The first-order valence-corrected chi connectivity index (χ1v) is 23.2. The lowest BCUT2D eigenvalue weighted by Crippen LogP contribution is -2.47. The molecule has 10 heteroatoms. The highest BCUT2D eigenvalue weighted by molar-refractivity contribution is 7.47. The Hall–Kier alpha value is -0.540. The maximum absolute atomic E-state index is 12.8. The van der Waals surface area contributed by atoms with Crippen LogP contribution in [0, 0.1) is 0 Å². The molecule has 0 aromatic rings. The highest BCUT2D eigenvalue weighted by Crippen LogP contribution is 2.43. The van der Waals surface area contributed by atoms with Gasteiger partial charge in [0.25, 0.3) is 0 Å². The number of phosphoric ester groups is 1. The normalized spacial score (nSPS) is 14.7. The molecule has 0 aliphatic carbocycles. The van der Waals surface area contributed by atoms with Crippen molar-refractivity contribution >= 4 is 13.7 Å². The first-order valence-electron chi connectivity index (χ1n) is 21.7. The highest BCUT2D eigenvalue weighted by Gasteiger charge is 2.28. The predicted octanol–water partition coefficient (Wildman–Crippen LogP) is 10.8. The Morgan fingerprint density at radius 1 is 0.588 bits per heavy atom. The maximum atomic E-state index is 12.8. The van der Waals surface area contributed by atoms with Crippen LogP contribution in [0.5, 0.6) is 0 Å². The summed E-state index contributed by atoms with van der Waals surface area (Å²) in [5.41, 5.74) is 5.37. The second-order valence-electron chi connectivity index (χ2n) is 15.1. The molecule has 0 fully saturated rings. The molecule has 0 spiro atoms. The summed E-state index contributed by atoms with van der Waals surface area (Å²) in [5.74, 6) is -0.410. The third kappa shape index (κ3) is 36.2.